The van der Waals surface area contributed by atoms with Crippen LogP contribution in [-0.2, 0) is 18.4 Å². The van der Waals surface area contributed by atoms with Crippen molar-refractivity contribution in [3.8, 4) is 11.6 Å². The highest BCUT2D eigenvalue weighted by atomic mass is 79.9. The standard InChI is InChI=1S/C17H18BrN5O2/c1-12-8-13(20-22(12)2)9-19-16(24)11-25-17-15(18)10-23(21-17)14-6-4-3-5-7-14/h3-8,10H,9,11H2,1-2H3,(H,19,24). The van der Waals surface area contributed by atoms with Crippen LogP contribution in [0.3, 0.4) is 0 Å². The average molecular weight is 404 g/mol. The van der Waals surface area contributed by atoms with Gasteiger partial charge in [0.2, 0.25) is 5.88 Å². The van der Waals surface area contributed by atoms with Crippen LogP contribution in [0.4, 0.5) is 0 Å². The Bertz CT molecular complexity index is 853. The topological polar surface area (TPSA) is 74.0 Å². The molecule has 2 aromatic heterocycles. The van der Waals surface area contributed by atoms with E-state index in [9.17, 15) is 4.79 Å². The second-order valence-electron chi connectivity index (χ2n) is 5.53. The number of halogens is 1. The van der Waals surface area contributed by atoms with E-state index in [2.05, 4.69) is 31.4 Å². The smallest absolute Gasteiger partial charge is 0.258 e. The second-order valence-corrected chi connectivity index (χ2v) is 6.38. The number of carbonyl (C=O) groups is 1. The first-order chi connectivity index (χ1) is 12.0. The molecule has 7 nitrogen and oxygen atoms in total. The molecular weight excluding hydrogens is 386 g/mol. The van der Waals surface area contributed by atoms with Gasteiger partial charge in [0.15, 0.2) is 6.61 Å². The van der Waals surface area contributed by atoms with Gasteiger partial charge in [0.05, 0.1) is 22.4 Å². The van der Waals surface area contributed by atoms with Gasteiger partial charge in [-0.15, -0.1) is 5.10 Å². The Kier molecular flexibility index (Phi) is 5.18. The fourth-order valence-corrected chi connectivity index (χ4v) is 2.63. The molecule has 0 unspecified atom stereocenters. The van der Waals surface area contributed by atoms with E-state index >= 15 is 0 Å². The third-order valence-corrected chi connectivity index (χ3v) is 4.17. The first-order valence-corrected chi connectivity index (χ1v) is 8.52. The molecule has 1 N–H and O–H groups in total. The maximum atomic E-state index is 11.9. The van der Waals surface area contributed by atoms with Crippen LogP contribution in [-0.4, -0.2) is 32.1 Å². The molecule has 0 aliphatic rings. The zero-order chi connectivity index (χ0) is 17.8. The first-order valence-electron chi connectivity index (χ1n) is 7.72. The van der Waals surface area contributed by atoms with E-state index in [4.69, 9.17) is 4.74 Å². The minimum Gasteiger partial charge on any atom is -0.466 e. The lowest BCUT2D eigenvalue weighted by molar-refractivity contribution is -0.123. The Morgan fingerprint density at radius 3 is 2.72 bits per heavy atom. The number of hydrogen-bond acceptors (Lipinski definition) is 4. The van der Waals surface area contributed by atoms with Crippen molar-refractivity contribution in [1.29, 1.82) is 0 Å². The number of rotatable bonds is 6. The van der Waals surface area contributed by atoms with Gasteiger partial charge in [-0.25, -0.2) is 4.68 Å². The Morgan fingerprint density at radius 1 is 1.28 bits per heavy atom. The third-order valence-electron chi connectivity index (χ3n) is 3.63. The van der Waals surface area contributed by atoms with Crippen molar-refractivity contribution in [2.45, 2.75) is 13.5 Å². The molecule has 0 aliphatic heterocycles. The SMILES string of the molecule is Cc1cc(CNC(=O)COc2nn(-c3ccccc3)cc2Br)nn1C. The van der Waals surface area contributed by atoms with Gasteiger partial charge in [0, 0.05) is 18.9 Å². The molecule has 1 aromatic carbocycles. The van der Waals surface area contributed by atoms with Crippen LogP contribution < -0.4 is 10.1 Å². The second kappa shape index (κ2) is 7.52. The molecule has 0 aliphatic carbocycles. The van der Waals surface area contributed by atoms with Crippen LogP contribution >= 0.6 is 15.9 Å². The van der Waals surface area contributed by atoms with Crippen molar-refractivity contribution < 1.29 is 9.53 Å². The zero-order valence-electron chi connectivity index (χ0n) is 13.9. The molecule has 0 fully saturated rings. The van der Waals surface area contributed by atoms with Crippen LogP contribution in [0.2, 0.25) is 0 Å². The molecule has 130 valence electrons. The molecule has 3 aromatic rings. The van der Waals surface area contributed by atoms with E-state index in [1.807, 2.05) is 50.4 Å². The number of nitrogens with zero attached hydrogens (tertiary/aromatic N) is 4. The number of aryl methyl sites for hydroxylation is 2. The molecule has 1 amide bonds. The number of hydrogen-bond donors (Lipinski definition) is 1. The lowest BCUT2D eigenvalue weighted by atomic mass is 10.3. The van der Waals surface area contributed by atoms with Crippen molar-refractivity contribution in [1.82, 2.24) is 24.9 Å². The first kappa shape index (κ1) is 17.2. The Balaban J connectivity index is 1.54. The summed E-state index contributed by atoms with van der Waals surface area (Å²) in [6.07, 6.45) is 1.79. The fourth-order valence-electron chi connectivity index (χ4n) is 2.24. The van der Waals surface area contributed by atoms with E-state index in [1.165, 1.54) is 0 Å². The lowest BCUT2D eigenvalue weighted by Gasteiger charge is -2.05. The highest BCUT2D eigenvalue weighted by Crippen LogP contribution is 2.24. The van der Waals surface area contributed by atoms with Crippen molar-refractivity contribution in [2.24, 2.45) is 7.05 Å². The number of amides is 1. The van der Waals surface area contributed by atoms with Crippen molar-refractivity contribution >= 4 is 21.8 Å². The number of carbonyl (C=O) groups excluding carboxylic acids is 1. The molecule has 0 atom stereocenters. The summed E-state index contributed by atoms with van der Waals surface area (Å²) in [6.45, 7) is 2.21. The van der Waals surface area contributed by atoms with Gasteiger partial charge < -0.3 is 10.1 Å². The van der Waals surface area contributed by atoms with Gasteiger partial charge in [-0.1, -0.05) is 18.2 Å². The molecule has 0 spiro atoms. The van der Waals surface area contributed by atoms with Crippen molar-refractivity contribution in [2.75, 3.05) is 6.61 Å². The van der Waals surface area contributed by atoms with Crippen LogP contribution in [0.15, 0.2) is 47.1 Å². The van der Waals surface area contributed by atoms with E-state index in [0.29, 0.717) is 16.9 Å². The summed E-state index contributed by atoms with van der Waals surface area (Å²) < 4.78 is 9.64. The predicted octanol–water partition coefficient (Wildman–Crippen LogP) is 2.37. The van der Waals surface area contributed by atoms with E-state index in [-0.39, 0.29) is 12.5 Å². The van der Waals surface area contributed by atoms with E-state index < -0.39 is 0 Å². The Labute approximate surface area is 153 Å². The fraction of sp³-hybridized carbons (Fsp3) is 0.235. The van der Waals surface area contributed by atoms with Gasteiger partial charge in [-0.05, 0) is 41.1 Å². The Hall–Kier alpha value is -2.61. The predicted molar refractivity (Wildman–Crippen MR) is 96.6 cm³/mol. The summed E-state index contributed by atoms with van der Waals surface area (Å²) in [4.78, 5) is 11.9. The number of benzene rings is 1. The van der Waals surface area contributed by atoms with Gasteiger partial charge in [-0.3, -0.25) is 9.48 Å². The lowest BCUT2D eigenvalue weighted by Crippen LogP contribution is -2.28. The molecule has 8 heteroatoms. The summed E-state index contributed by atoms with van der Waals surface area (Å²) in [5, 5.41) is 11.4. The monoisotopic (exact) mass is 403 g/mol. The number of ether oxygens (including phenoxy) is 1. The number of para-hydroxylation sites is 1. The summed E-state index contributed by atoms with van der Waals surface area (Å²) in [7, 11) is 1.87. The molecular formula is C17H18BrN5O2. The summed E-state index contributed by atoms with van der Waals surface area (Å²) in [6, 6.07) is 11.6. The minimum atomic E-state index is -0.232. The van der Waals surface area contributed by atoms with Gasteiger partial charge in [-0.2, -0.15) is 5.10 Å². The van der Waals surface area contributed by atoms with Crippen LogP contribution in [0, 0.1) is 6.92 Å². The maximum absolute atomic E-state index is 11.9. The Morgan fingerprint density at radius 2 is 2.04 bits per heavy atom. The van der Waals surface area contributed by atoms with Crippen LogP contribution in [0.1, 0.15) is 11.4 Å². The highest BCUT2D eigenvalue weighted by Gasteiger charge is 2.11. The molecule has 0 saturated heterocycles. The molecule has 2 heterocycles. The van der Waals surface area contributed by atoms with Crippen LogP contribution in [0.5, 0.6) is 5.88 Å². The summed E-state index contributed by atoms with van der Waals surface area (Å²) in [5.74, 6) is 0.136. The summed E-state index contributed by atoms with van der Waals surface area (Å²) in [5.41, 5.74) is 2.76. The molecule has 3 rings (SSSR count). The third kappa shape index (κ3) is 4.27. The molecule has 0 radical (unpaired) electrons. The largest absolute Gasteiger partial charge is 0.466 e. The molecule has 0 bridgehead atoms. The average Bonchev–Trinajstić information content (AvgIpc) is 3.14. The van der Waals surface area contributed by atoms with Gasteiger partial charge in [0.1, 0.15) is 0 Å². The van der Waals surface area contributed by atoms with E-state index in [0.717, 1.165) is 17.1 Å². The highest BCUT2D eigenvalue weighted by molar-refractivity contribution is 9.10. The van der Waals surface area contributed by atoms with Crippen molar-refractivity contribution in [3.05, 3.63) is 58.5 Å². The number of nitrogens with one attached hydrogen (secondary N) is 1. The van der Waals surface area contributed by atoms with Crippen LogP contribution in [0.25, 0.3) is 5.69 Å². The number of aromatic nitrogens is 4. The normalized spacial score (nSPS) is 10.7. The maximum Gasteiger partial charge on any atom is 0.258 e. The molecule has 0 saturated carbocycles. The van der Waals surface area contributed by atoms with E-state index in [1.54, 1.807) is 15.6 Å². The van der Waals surface area contributed by atoms with Gasteiger partial charge in [0.25, 0.3) is 5.91 Å². The minimum absolute atomic E-state index is 0.115. The quantitative estimate of drug-likeness (QED) is 0.685. The zero-order valence-corrected chi connectivity index (χ0v) is 15.5. The van der Waals surface area contributed by atoms with Crippen molar-refractivity contribution in [3.63, 3.8) is 0 Å². The van der Waals surface area contributed by atoms with Gasteiger partial charge >= 0.3 is 0 Å². The molecule has 25 heavy (non-hydrogen) atoms. The summed E-state index contributed by atoms with van der Waals surface area (Å²) >= 11 is 3.40.